The van der Waals surface area contributed by atoms with E-state index in [9.17, 15) is 0 Å². The highest BCUT2D eigenvalue weighted by molar-refractivity contribution is 6.32. The van der Waals surface area contributed by atoms with Crippen molar-refractivity contribution in [1.29, 1.82) is 0 Å². The van der Waals surface area contributed by atoms with Crippen LogP contribution in [0.3, 0.4) is 0 Å². The second kappa shape index (κ2) is 5.20. The number of halogens is 1. The lowest BCUT2D eigenvalue weighted by Crippen LogP contribution is -2.10. The van der Waals surface area contributed by atoms with Crippen molar-refractivity contribution < 1.29 is 4.74 Å². The molecule has 0 saturated carbocycles. The van der Waals surface area contributed by atoms with E-state index in [1.807, 2.05) is 19.1 Å². The number of benzene rings is 1. The fourth-order valence-electron chi connectivity index (χ4n) is 1.67. The highest BCUT2D eigenvalue weighted by Crippen LogP contribution is 2.32. The first-order valence-electron chi connectivity index (χ1n) is 5.30. The van der Waals surface area contributed by atoms with Gasteiger partial charge in [-0.15, -0.1) is 0 Å². The summed E-state index contributed by atoms with van der Waals surface area (Å²) < 4.78 is 5.16. The van der Waals surface area contributed by atoms with Gasteiger partial charge in [0, 0.05) is 11.8 Å². The number of nitrogens with two attached hydrogens (primary N) is 1. The number of nitrogen functional groups attached to an aromatic ring is 1. The quantitative estimate of drug-likeness (QED) is 0.658. The smallest absolute Gasteiger partial charge is 0.237 e. The number of hydrogen-bond donors (Lipinski definition) is 2. The lowest BCUT2D eigenvalue weighted by molar-refractivity contribution is 0.415. The van der Waals surface area contributed by atoms with Crippen LogP contribution in [0.15, 0.2) is 24.4 Å². The monoisotopic (exact) mass is 264 g/mol. The van der Waals surface area contributed by atoms with Gasteiger partial charge in [0.15, 0.2) is 0 Å². The van der Waals surface area contributed by atoms with Gasteiger partial charge in [-0.05, 0) is 30.7 Å². The summed E-state index contributed by atoms with van der Waals surface area (Å²) in [6.07, 6.45) is 1.63. The largest absolute Gasteiger partial charge is 0.495 e. The number of hydrazine groups is 1. The van der Waals surface area contributed by atoms with E-state index >= 15 is 0 Å². The summed E-state index contributed by atoms with van der Waals surface area (Å²) in [6.45, 7) is 1.96. The normalized spacial score (nSPS) is 10.2. The molecule has 0 spiro atoms. The Kier molecular flexibility index (Phi) is 3.64. The topological polar surface area (TPSA) is 73.1 Å². The molecule has 3 N–H and O–H groups in total. The summed E-state index contributed by atoms with van der Waals surface area (Å²) in [5.41, 5.74) is 5.09. The zero-order chi connectivity index (χ0) is 13.1. The van der Waals surface area contributed by atoms with Gasteiger partial charge >= 0.3 is 0 Å². The molecule has 0 atom stereocenters. The molecule has 1 heterocycles. The second-order valence-electron chi connectivity index (χ2n) is 3.71. The SMILES string of the molecule is COc1cc(C)c(-c2ccnc(NN)n2)cc1Cl. The fraction of sp³-hybridized carbons (Fsp3) is 0.167. The van der Waals surface area contributed by atoms with Crippen molar-refractivity contribution in [2.75, 3.05) is 12.5 Å². The van der Waals surface area contributed by atoms with Crippen molar-refractivity contribution in [3.05, 3.63) is 35.0 Å². The van der Waals surface area contributed by atoms with E-state index in [0.29, 0.717) is 16.7 Å². The van der Waals surface area contributed by atoms with Crippen molar-refractivity contribution in [3.8, 4) is 17.0 Å². The molecule has 0 saturated heterocycles. The summed E-state index contributed by atoms with van der Waals surface area (Å²) in [6, 6.07) is 5.49. The zero-order valence-corrected chi connectivity index (χ0v) is 10.8. The summed E-state index contributed by atoms with van der Waals surface area (Å²) in [7, 11) is 1.58. The number of anilines is 1. The Hall–Kier alpha value is -1.85. The van der Waals surface area contributed by atoms with E-state index in [0.717, 1.165) is 16.8 Å². The molecule has 0 radical (unpaired) electrons. The van der Waals surface area contributed by atoms with Gasteiger partial charge in [0.25, 0.3) is 0 Å². The van der Waals surface area contributed by atoms with Crippen molar-refractivity contribution in [2.24, 2.45) is 5.84 Å². The first-order chi connectivity index (χ1) is 8.65. The average molecular weight is 265 g/mol. The third kappa shape index (κ3) is 2.37. The first kappa shape index (κ1) is 12.6. The summed E-state index contributed by atoms with van der Waals surface area (Å²) in [4.78, 5) is 8.24. The van der Waals surface area contributed by atoms with Gasteiger partial charge in [-0.25, -0.2) is 15.8 Å². The Morgan fingerprint density at radius 2 is 2.17 bits per heavy atom. The summed E-state index contributed by atoms with van der Waals surface area (Å²) in [5, 5.41) is 0.541. The molecule has 94 valence electrons. The van der Waals surface area contributed by atoms with Gasteiger partial charge in [-0.1, -0.05) is 11.6 Å². The highest BCUT2D eigenvalue weighted by Gasteiger charge is 2.09. The number of methoxy groups -OCH3 is 1. The van der Waals surface area contributed by atoms with Crippen LogP contribution in [0.4, 0.5) is 5.95 Å². The van der Waals surface area contributed by atoms with E-state index in [2.05, 4.69) is 15.4 Å². The predicted octanol–water partition coefficient (Wildman–Crippen LogP) is 2.40. The van der Waals surface area contributed by atoms with Crippen LogP contribution in [-0.2, 0) is 0 Å². The molecule has 0 bridgehead atoms. The van der Waals surface area contributed by atoms with Gasteiger partial charge in [0.2, 0.25) is 5.95 Å². The molecule has 6 heteroatoms. The fourth-order valence-corrected chi connectivity index (χ4v) is 1.91. The minimum Gasteiger partial charge on any atom is -0.495 e. The molecule has 0 aliphatic carbocycles. The number of aromatic nitrogens is 2. The van der Waals surface area contributed by atoms with Crippen LogP contribution in [0, 0.1) is 6.92 Å². The Labute approximate surface area is 110 Å². The third-order valence-electron chi connectivity index (χ3n) is 2.56. The van der Waals surface area contributed by atoms with Crippen LogP contribution in [0.2, 0.25) is 5.02 Å². The van der Waals surface area contributed by atoms with E-state index in [1.165, 1.54) is 0 Å². The molecule has 18 heavy (non-hydrogen) atoms. The molecular weight excluding hydrogens is 252 g/mol. The van der Waals surface area contributed by atoms with Crippen molar-refractivity contribution >= 4 is 17.5 Å². The lowest BCUT2D eigenvalue weighted by Gasteiger charge is -2.10. The lowest BCUT2D eigenvalue weighted by atomic mass is 10.1. The van der Waals surface area contributed by atoms with E-state index in [4.69, 9.17) is 22.2 Å². The Bertz CT molecular complexity index is 574. The average Bonchev–Trinajstić information content (AvgIpc) is 2.41. The maximum Gasteiger partial charge on any atom is 0.237 e. The van der Waals surface area contributed by atoms with E-state index < -0.39 is 0 Å². The van der Waals surface area contributed by atoms with Gasteiger partial charge in [0.05, 0.1) is 17.8 Å². The van der Waals surface area contributed by atoms with Crippen LogP contribution >= 0.6 is 11.6 Å². The van der Waals surface area contributed by atoms with E-state index in [1.54, 1.807) is 19.4 Å². The predicted molar refractivity (Wildman–Crippen MR) is 71.6 cm³/mol. The van der Waals surface area contributed by atoms with Gasteiger partial charge < -0.3 is 4.74 Å². The minimum absolute atomic E-state index is 0.360. The van der Waals surface area contributed by atoms with Crippen LogP contribution in [0.1, 0.15) is 5.56 Å². The third-order valence-corrected chi connectivity index (χ3v) is 2.85. The molecule has 2 rings (SSSR count). The van der Waals surface area contributed by atoms with Crippen LogP contribution in [-0.4, -0.2) is 17.1 Å². The van der Waals surface area contributed by atoms with Gasteiger partial charge in [0.1, 0.15) is 5.75 Å². The summed E-state index contributed by atoms with van der Waals surface area (Å²) in [5.74, 6) is 6.29. The number of hydrogen-bond acceptors (Lipinski definition) is 5. The standard InChI is InChI=1S/C12H13ClN4O/c1-7-5-11(18-2)9(13)6-8(7)10-3-4-15-12(16-10)17-14/h3-6H,14H2,1-2H3,(H,15,16,17). The molecule has 0 aliphatic heterocycles. The van der Waals surface area contributed by atoms with E-state index in [-0.39, 0.29) is 0 Å². The van der Waals surface area contributed by atoms with Crippen LogP contribution in [0.25, 0.3) is 11.3 Å². The molecule has 2 aromatic rings. The van der Waals surface area contributed by atoms with Crippen LogP contribution < -0.4 is 16.0 Å². The maximum atomic E-state index is 6.12. The number of ether oxygens (including phenoxy) is 1. The molecule has 0 unspecified atom stereocenters. The molecule has 0 aliphatic rings. The molecule has 0 amide bonds. The Morgan fingerprint density at radius 1 is 1.39 bits per heavy atom. The molecular formula is C12H13ClN4O. The van der Waals surface area contributed by atoms with Crippen LogP contribution in [0.5, 0.6) is 5.75 Å². The second-order valence-corrected chi connectivity index (χ2v) is 4.12. The van der Waals surface area contributed by atoms with Crippen molar-refractivity contribution in [2.45, 2.75) is 6.92 Å². The van der Waals surface area contributed by atoms with Gasteiger partial charge in [-0.2, -0.15) is 0 Å². The highest BCUT2D eigenvalue weighted by atomic mass is 35.5. The molecule has 0 fully saturated rings. The molecule has 1 aromatic heterocycles. The number of nitrogens with one attached hydrogen (secondary N) is 1. The first-order valence-corrected chi connectivity index (χ1v) is 5.67. The zero-order valence-electron chi connectivity index (χ0n) is 10.1. The molecule has 5 nitrogen and oxygen atoms in total. The Balaban J connectivity index is 2.53. The maximum absolute atomic E-state index is 6.12. The van der Waals surface area contributed by atoms with Gasteiger partial charge in [-0.3, -0.25) is 5.43 Å². The molecule has 1 aromatic carbocycles. The van der Waals surface area contributed by atoms with Crippen molar-refractivity contribution in [1.82, 2.24) is 9.97 Å². The number of aryl methyl sites for hydroxylation is 1. The Morgan fingerprint density at radius 3 is 2.83 bits per heavy atom. The number of rotatable bonds is 3. The summed E-state index contributed by atoms with van der Waals surface area (Å²) >= 11 is 6.12. The minimum atomic E-state index is 0.360. The van der Waals surface area contributed by atoms with Crippen molar-refractivity contribution in [3.63, 3.8) is 0 Å². The number of nitrogens with zero attached hydrogens (tertiary/aromatic N) is 2.